The average Bonchev–Trinajstić information content (AvgIpc) is 2.53. The zero-order valence-electron chi connectivity index (χ0n) is 12.1. The van der Waals surface area contributed by atoms with E-state index in [0.717, 1.165) is 23.6 Å². The molecule has 0 saturated heterocycles. The molecule has 1 heterocycles. The molecule has 0 spiro atoms. The van der Waals surface area contributed by atoms with Gasteiger partial charge in [0.15, 0.2) is 0 Å². The lowest BCUT2D eigenvalue weighted by atomic mass is 9.94. The summed E-state index contributed by atoms with van der Waals surface area (Å²) < 4.78 is 0. The van der Waals surface area contributed by atoms with Crippen LogP contribution in [0.15, 0.2) is 36.5 Å². The monoisotopic (exact) mass is 346 g/mol. The van der Waals surface area contributed by atoms with Crippen molar-refractivity contribution in [2.75, 3.05) is 7.05 Å². The number of amides is 1. The highest BCUT2D eigenvalue weighted by atomic mass is 79.9. The van der Waals surface area contributed by atoms with Crippen LogP contribution < -0.4 is 0 Å². The van der Waals surface area contributed by atoms with Crippen LogP contribution in [0.2, 0.25) is 0 Å². The first-order valence-electron chi connectivity index (χ1n) is 7.43. The molecule has 1 aliphatic carbocycles. The van der Waals surface area contributed by atoms with Gasteiger partial charge in [0.25, 0.3) is 5.91 Å². The van der Waals surface area contributed by atoms with Crippen LogP contribution in [0.4, 0.5) is 0 Å². The van der Waals surface area contributed by atoms with E-state index in [-0.39, 0.29) is 11.9 Å². The highest BCUT2D eigenvalue weighted by Crippen LogP contribution is 2.29. The summed E-state index contributed by atoms with van der Waals surface area (Å²) in [5.41, 5.74) is 0.556. The number of aromatic nitrogens is 1. The van der Waals surface area contributed by atoms with Gasteiger partial charge in [0.1, 0.15) is 5.69 Å². The van der Waals surface area contributed by atoms with Crippen molar-refractivity contribution in [2.24, 2.45) is 0 Å². The molecule has 2 aromatic rings. The van der Waals surface area contributed by atoms with Gasteiger partial charge in [-0.25, -0.2) is 0 Å². The van der Waals surface area contributed by atoms with E-state index >= 15 is 0 Å². The molecule has 1 aromatic carbocycles. The molecule has 0 bridgehead atoms. The van der Waals surface area contributed by atoms with Gasteiger partial charge in [-0.1, -0.05) is 53.0 Å². The Bertz CT molecular complexity index is 653. The van der Waals surface area contributed by atoms with Gasteiger partial charge in [-0.2, -0.15) is 0 Å². The van der Waals surface area contributed by atoms with Crippen molar-refractivity contribution in [1.82, 2.24) is 9.88 Å². The maximum Gasteiger partial charge on any atom is 0.273 e. The number of alkyl halides is 1. The number of halogens is 1. The summed E-state index contributed by atoms with van der Waals surface area (Å²) in [6.45, 7) is 0. The van der Waals surface area contributed by atoms with Crippen molar-refractivity contribution >= 4 is 32.6 Å². The van der Waals surface area contributed by atoms with Crippen LogP contribution in [-0.2, 0) is 0 Å². The van der Waals surface area contributed by atoms with Crippen LogP contribution in [0.3, 0.4) is 0 Å². The van der Waals surface area contributed by atoms with Crippen molar-refractivity contribution in [3.63, 3.8) is 0 Å². The fraction of sp³-hybridized carbons (Fsp3) is 0.412. The van der Waals surface area contributed by atoms with Crippen molar-refractivity contribution in [3.05, 3.63) is 42.2 Å². The topological polar surface area (TPSA) is 33.2 Å². The third-order valence-electron chi connectivity index (χ3n) is 4.34. The van der Waals surface area contributed by atoms with E-state index in [1.54, 1.807) is 6.20 Å². The molecular weight excluding hydrogens is 328 g/mol. The lowest BCUT2D eigenvalue weighted by Crippen LogP contribution is -2.44. The predicted molar refractivity (Wildman–Crippen MR) is 88.8 cm³/mol. The van der Waals surface area contributed by atoms with Crippen LogP contribution in [0, 0.1) is 0 Å². The Balaban J connectivity index is 1.93. The van der Waals surface area contributed by atoms with Gasteiger partial charge in [0.2, 0.25) is 0 Å². The maximum absolute atomic E-state index is 12.8. The molecule has 0 radical (unpaired) electrons. The number of rotatable bonds is 2. The van der Waals surface area contributed by atoms with Gasteiger partial charge in [0, 0.05) is 29.5 Å². The summed E-state index contributed by atoms with van der Waals surface area (Å²) >= 11 is 3.73. The first-order chi connectivity index (χ1) is 10.2. The van der Waals surface area contributed by atoms with E-state index < -0.39 is 0 Å². The summed E-state index contributed by atoms with van der Waals surface area (Å²) in [6.07, 6.45) is 6.33. The smallest absolute Gasteiger partial charge is 0.273 e. The molecule has 2 unspecified atom stereocenters. The molecule has 110 valence electrons. The Morgan fingerprint density at radius 1 is 1.24 bits per heavy atom. The Hall–Kier alpha value is -1.42. The second-order valence-electron chi connectivity index (χ2n) is 5.66. The van der Waals surface area contributed by atoms with E-state index in [1.165, 1.54) is 12.8 Å². The third-order valence-corrected chi connectivity index (χ3v) is 5.41. The summed E-state index contributed by atoms with van der Waals surface area (Å²) in [5, 5.41) is 1.99. The van der Waals surface area contributed by atoms with E-state index in [2.05, 4.69) is 20.9 Å². The van der Waals surface area contributed by atoms with E-state index in [0.29, 0.717) is 10.5 Å². The molecule has 3 rings (SSSR count). The number of carbonyl (C=O) groups is 1. The molecule has 1 saturated carbocycles. The van der Waals surface area contributed by atoms with Crippen molar-refractivity contribution in [1.29, 1.82) is 0 Å². The lowest BCUT2D eigenvalue weighted by molar-refractivity contribution is 0.0701. The van der Waals surface area contributed by atoms with E-state index in [1.807, 2.05) is 42.3 Å². The number of benzene rings is 1. The second-order valence-corrected chi connectivity index (χ2v) is 6.84. The third kappa shape index (κ3) is 2.82. The molecule has 2 atom stereocenters. The van der Waals surface area contributed by atoms with Gasteiger partial charge in [0.05, 0.1) is 0 Å². The summed E-state index contributed by atoms with van der Waals surface area (Å²) in [5.74, 6) is 0.0168. The molecule has 1 amide bonds. The largest absolute Gasteiger partial charge is 0.336 e. The van der Waals surface area contributed by atoms with E-state index in [4.69, 9.17) is 0 Å². The minimum Gasteiger partial charge on any atom is -0.336 e. The van der Waals surface area contributed by atoms with Crippen molar-refractivity contribution in [3.8, 4) is 0 Å². The highest BCUT2D eigenvalue weighted by molar-refractivity contribution is 9.09. The lowest BCUT2D eigenvalue weighted by Gasteiger charge is -2.35. The number of fused-ring (bicyclic) bond motifs is 1. The van der Waals surface area contributed by atoms with Crippen LogP contribution in [0.25, 0.3) is 10.8 Å². The van der Waals surface area contributed by atoms with Crippen LogP contribution >= 0.6 is 15.9 Å². The fourth-order valence-corrected chi connectivity index (χ4v) is 4.05. The van der Waals surface area contributed by atoms with Crippen molar-refractivity contribution < 1.29 is 4.79 Å². The quantitative estimate of drug-likeness (QED) is 0.769. The van der Waals surface area contributed by atoms with Crippen LogP contribution in [0.1, 0.15) is 36.2 Å². The van der Waals surface area contributed by atoms with Gasteiger partial charge in [-0.05, 0) is 24.3 Å². The van der Waals surface area contributed by atoms with Gasteiger partial charge >= 0.3 is 0 Å². The minimum atomic E-state index is 0.0168. The Morgan fingerprint density at radius 2 is 2.00 bits per heavy atom. The van der Waals surface area contributed by atoms with Crippen LogP contribution in [0.5, 0.6) is 0 Å². The number of hydrogen-bond acceptors (Lipinski definition) is 2. The second kappa shape index (κ2) is 6.14. The normalized spacial score (nSPS) is 22.2. The SMILES string of the molecule is CN(C(=O)c1nccc2ccccc12)C1CCCCC1Br. The molecule has 4 heteroatoms. The number of carbonyl (C=O) groups excluding carboxylic acids is 1. The van der Waals surface area contributed by atoms with Gasteiger partial charge < -0.3 is 4.90 Å². The number of nitrogens with zero attached hydrogens (tertiary/aromatic N) is 2. The molecule has 1 fully saturated rings. The number of pyridine rings is 1. The first-order valence-corrected chi connectivity index (χ1v) is 8.35. The van der Waals surface area contributed by atoms with E-state index in [9.17, 15) is 4.79 Å². The minimum absolute atomic E-state index is 0.0168. The Morgan fingerprint density at radius 3 is 2.81 bits per heavy atom. The molecule has 3 nitrogen and oxygen atoms in total. The zero-order valence-corrected chi connectivity index (χ0v) is 13.7. The summed E-state index contributed by atoms with van der Waals surface area (Å²) in [7, 11) is 1.90. The molecule has 21 heavy (non-hydrogen) atoms. The first kappa shape index (κ1) is 14.5. The summed E-state index contributed by atoms with van der Waals surface area (Å²) in [6, 6.07) is 10.1. The Kier molecular flexibility index (Phi) is 4.24. The van der Waals surface area contributed by atoms with Crippen LogP contribution in [-0.4, -0.2) is 33.7 Å². The van der Waals surface area contributed by atoms with Gasteiger partial charge in [-0.3, -0.25) is 9.78 Å². The maximum atomic E-state index is 12.8. The van der Waals surface area contributed by atoms with Crippen molar-refractivity contribution in [2.45, 2.75) is 36.6 Å². The summed E-state index contributed by atoms with van der Waals surface area (Å²) in [4.78, 5) is 19.4. The predicted octanol–water partition coefficient (Wildman–Crippen LogP) is 4.01. The average molecular weight is 347 g/mol. The molecule has 1 aliphatic rings. The Labute approximate surface area is 133 Å². The molecule has 0 N–H and O–H groups in total. The highest BCUT2D eigenvalue weighted by Gasteiger charge is 2.30. The standard InChI is InChI=1S/C17H19BrN2O/c1-20(15-9-5-4-8-14(15)18)17(21)16-13-7-3-2-6-12(13)10-11-19-16/h2-3,6-7,10-11,14-15H,4-5,8-9H2,1H3. The molecular formula is C17H19BrN2O. The number of hydrogen-bond donors (Lipinski definition) is 0. The zero-order chi connectivity index (χ0) is 14.8. The fourth-order valence-electron chi connectivity index (χ4n) is 3.11. The molecule has 1 aromatic heterocycles. The molecule has 0 aliphatic heterocycles. The van der Waals surface area contributed by atoms with Gasteiger partial charge in [-0.15, -0.1) is 0 Å².